The van der Waals surface area contributed by atoms with Gasteiger partial charge in [-0.3, -0.25) is 9.59 Å². The van der Waals surface area contributed by atoms with Crippen molar-refractivity contribution in [2.24, 2.45) is 5.41 Å². The molecule has 0 aliphatic carbocycles. The van der Waals surface area contributed by atoms with Gasteiger partial charge in [0.05, 0.1) is 12.4 Å². The standard InChI is InChI=1S/C15H20O3S/c1-5-18-14(17)15(3,4)13(16)10-19-12-8-6-11(2)7-9-12/h6-9H,5,10H2,1-4H3. The first-order chi connectivity index (χ1) is 8.87. The summed E-state index contributed by atoms with van der Waals surface area (Å²) in [5.41, 5.74) is 0.107. The minimum absolute atomic E-state index is 0.114. The average Bonchev–Trinajstić information content (AvgIpc) is 2.37. The normalized spacial score (nSPS) is 11.2. The Morgan fingerprint density at radius 1 is 1.21 bits per heavy atom. The first-order valence-electron chi connectivity index (χ1n) is 6.28. The molecule has 0 saturated heterocycles. The third-order valence-corrected chi connectivity index (χ3v) is 3.89. The molecule has 0 aliphatic heterocycles. The fourth-order valence-electron chi connectivity index (χ4n) is 1.39. The lowest BCUT2D eigenvalue weighted by Gasteiger charge is -2.20. The van der Waals surface area contributed by atoms with E-state index in [0.29, 0.717) is 6.61 Å². The van der Waals surface area contributed by atoms with Gasteiger partial charge in [0.15, 0.2) is 5.78 Å². The summed E-state index contributed by atoms with van der Waals surface area (Å²) >= 11 is 1.44. The molecule has 0 fully saturated rings. The zero-order valence-electron chi connectivity index (χ0n) is 11.9. The van der Waals surface area contributed by atoms with Crippen molar-refractivity contribution in [1.82, 2.24) is 0 Å². The number of carbonyl (C=O) groups is 2. The zero-order valence-corrected chi connectivity index (χ0v) is 12.7. The van der Waals surface area contributed by atoms with E-state index in [2.05, 4.69) is 0 Å². The molecule has 3 nitrogen and oxygen atoms in total. The summed E-state index contributed by atoms with van der Waals surface area (Å²) in [4.78, 5) is 24.8. The van der Waals surface area contributed by atoms with Crippen molar-refractivity contribution in [1.29, 1.82) is 0 Å². The number of aryl methyl sites for hydroxylation is 1. The second kappa shape index (κ2) is 6.75. The van der Waals surface area contributed by atoms with Gasteiger partial charge in [0, 0.05) is 4.90 Å². The summed E-state index contributed by atoms with van der Waals surface area (Å²) < 4.78 is 4.93. The number of ether oxygens (including phenoxy) is 1. The Kier molecular flexibility index (Phi) is 5.60. The molecule has 1 aromatic rings. The lowest BCUT2D eigenvalue weighted by atomic mass is 9.89. The number of benzene rings is 1. The molecule has 0 N–H and O–H groups in total. The molecule has 0 atom stereocenters. The molecular weight excluding hydrogens is 260 g/mol. The predicted octanol–water partition coefficient (Wildman–Crippen LogP) is 3.25. The number of rotatable bonds is 6. The third-order valence-electron chi connectivity index (χ3n) is 2.87. The van der Waals surface area contributed by atoms with Gasteiger partial charge >= 0.3 is 5.97 Å². The molecule has 0 amide bonds. The largest absolute Gasteiger partial charge is 0.465 e. The van der Waals surface area contributed by atoms with E-state index in [4.69, 9.17) is 4.74 Å². The maximum absolute atomic E-state index is 12.1. The van der Waals surface area contributed by atoms with Crippen LogP contribution in [0.1, 0.15) is 26.3 Å². The molecule has 104 valence electrons. The fourth-order valence-corrected chi connectivity index (χ4v) is 2.38. The molecular formula is C15H20O3S. The van der Waals surface area contributed by atoms with Crippen molar-refractivity contribution in [2.45, 2.75) is 32.6 Å². The second-order valence-electron chi connectivity index (χ2n) is 4.87. The van der Waals surface area contributed by atoms with Crippen molar-refractivity contribution < 1.29 is 14.3 Å². The summed E-state index contributed by atoms with van der Waals surface area (Å²) in [6, 6.07) is 7.96. The highest BCUT2D eigenvalue weighted by molar-refractivity contribution is 8.00. The van der Waals surface area contributed by atoms with Crippen LogP contribution in [0.5, 0.6) is 0 Å². The molecule has 0 radical (unpaired) electrons. The maximum atomic E-state index is 12.1. The van der Waals surface area contributed by atoms with Crippen molar-refractivity contribution in [3.05, 3.63) is 29.8 Å². The highest BCUT2D eigenvalue weighted by atomic mass is 32.2. The Balaban J connectivity index is 2.59. The number of hydrogen-bond donors (Lipinski definition) is 0. The molecule has 1 rings (SSSR count). The Morgan fingerprint density at radius 3 is 2.32 bits per heavy atom. The van der Waals surface area contributed by atoms with E-state index in [-0.39, 0.29) is 11.5 Å². The minimum atomic E-state index is -1.08. The molecule has 0 unspecified atom stereocenters. The van der Waals surface area contributed by atoms with Gasteiger partial charge in [-0.1, -0.05) is 17.7 Å². The van der Waals surface area contributed by atoms with Crippen molar-refractivity contribution >= 4 is 23.5 Å². The highest BCUT2D eigenvalue weighted by Crippen LogP contribution is 2.25. The molecule has 0 aromatic heterocycles. The maximum Gasteiger partial charge on any atom is 0.319 e. The van der Waals surface area contributed by atoms with Crippen LogP contribution in [0.2, 0.25) is 0 Å². The Bertz CT molecular complexity index is 449. The SMILES string of the molecule is CCOC(=O)C(C)(C)C(=O)CSc1ccc(C)cc1. The van der Waals surface area contributed by atoms with E-state index in [0.717, 1.165) is 4.90 Å². The molecule has 0 bridgehead atoms. The van der Waals surface area contributed by atoms with Crippen LogP contribution in [0, 0.1) is 12.3 Å². The van der Waals surface area contributed by atoms with Crippen molar-refractivity contribution in [2.75, 3.05) is 12.4 Å². The van der Waals surface area contributed by atoms with Crippen molar-refractivity contribution in [3.63, 3.8) is 0 Å². The van der Waals surface area contributed by atoms with Crippen LogP contribution < -0.4 is 0 Å². The number of thioether (sulfide) groups is 1. The van der Waals surface area contributed by atoms with Gasteiger partial charge in [-0.05, 0) is 39.8 Å². The molecule has 4 heteroatoms. The first-order valence-corrected chi connectivity index (χ1v) is 7.26. The lowest BCUT2D eigenvalue weighted by Crippen LogP contribution is -2.36. The van der Waals surface area contributed by atoms with Crippen LogP contribution in [-0.4, -0.2) is 24.1 Å². The van der Waals surface area contributed by atoms with Crippen molar-refractivity contribution in [3.8, 4) is 0 Å². The number of carbonyl (C=O) groups excluding carboxylic acids is 2. The van der Waals surface area contributed by atoms with Gasteiger partial charge in [0.2, 0.25) is 0 Å². The van der Waals surface area contributed by atoms with E-state index in [9.17, 15) is 9.59 Å². The van der Waals surface area contributed by atoms with Gasteiger partial charge in [-0.25, -0.2) is 0 Å². The van der Waals surface area contributed by atoms with E-state index in [1.54, 1.807) is 20.8 Å². The van der Waals surface area contributed by atoms with Gasteiger partial charge in [0.1, 0.15) is 5.41 Å². The Morgan fingerprint density at radius 2 is 1.79 bits per heavy atom. The Labute approximate surface area is 118 Å². The summed E-state index contributed by atoms with van der Waals surface area (Å²) in [6.07, 6.45) is 0. The van der Waals surface area contributed by atoms with Gasteiger partial charge < -0.3 is 4.74 Å². The van der Waals surface area contributed by atoms with Crippen LogP contribution in [0.25, 0.3) is 0 Å². The van der Waals surface area contributed by atoms with E-state index in [1.165, 1.54) is 17.3 Å². The molecule has 0 aliphatic rings. The van der Waals surface area contributed by atoms with Crippen LogP contribution in [0.4, 0.5) is 0 Å². The van der Waals surface area contributed by atoms with Crippen LogP contribution >= 0.6 is 11.8 Å². The predicted molar refractivity (Wildman–Crippen MR) is 77.3 cm³/mol. The summed E-state index contributed by atoms with van der Waals surface area (Å²) in [5, 5.41) is 0. The summed E-state index contributed by atoms with van der Waals surface area (Å²) in [6.45, 7) is 7.27. The number of esters is 1. The van der Waals surface area contributed by atoms with E-state index in [1.807, 2.05) is 31.2 Å². The smallest absolute Gasteiger partial charge is 0.319 e. The average molecular weight is 280 g/mol. The Hall–Kier alpha value is -1.29. The molecule has 19 heavy (non-hydrogen) atoms. The third kappa shape index (κ3) is 4.39. The van der Waals surface area contributed by atoms with Crippen LogP contribution in [-0.2, 0) is 14.3 Å². The summed E-state index contributed by atoms with van der Waals surface area (Å²) in [7, 11) is 0. The van der Waals surface area contributed by atoms with Crippen LogP contribution in [0.3, 0.4) is 0 Å². The second-order valence-corrected chi connectivity index (χ2v) is 5.92. The summed E-state index contributed by atoms with van der Waals surface area (Å²) in [5.74, 6) is -0.296. The molecule has 0 heterocycles. The van der Waals surface area contributed by atoms with Crippen LogP contribution in [0.15, 0.2) is 29.2 Å². The lowest BCUT2D eigenvalue weighted by molar-refractivity contribution is -0.157. The number of ketones is 1. The molecule has 0 saturated carbocycles. The molecule has 0 spiro atoms. The number of hydrogen-bond acceptors (Lipinski definition) is 4. The first kappa shape index (κ1) is 15.8. The number of Topliss-reactive ketones (excluding diaryl/α,β-unsaturated/α-hetero) is 1. The molecule has 1 aromatic carbocycles. The quantitative estimate of drug-likeness (QED) is 0.456. The van der Waals surface area contributed by atoms with E-state index >= 15 is 0 Å². The van der Waals surface area contributed by atoms with Gasteiger partial charge in [-0.2, -0.15) is 0 Å². The van der Waals surface area contributed by atoms with Gasteiger partial charge in [0.25, 0.3) is 0 Å². The fraction of sp³-hybridized carbons (Fsp3) is 0.467. The minimum Gasteiger partial charge on any atom is -0.465 e. The van der Waals surface area contributed by atoms with Gasteiger partial charge in [-0.15, -0.1) is 11.8 Å². The zero-order chi connectivity index (χ0) is 14.5. The van der Waals surface area contributed by atoms with E-state index < -0.39 is 11.4 Å². The topological polar surface area (TPSA) is 43.4 Å². The monoisotopic (exact) mass is 280 g/mol. The highest BCUT2D eigenvalue weighted by Gasteiger charge is 2.36.